The molecule has 0 radical (unpaired) electrons. The second-order valence-electron chi connectivity index (χ2n) is 5.57. The molecule has 0 aliphatic carbocycles. The van der Waals surface area contributed by atoms with Gasteiger partial charge in [-0.25, -0.2) is 4.39 Å². The van der Waals surface area contributed by atoms with Crippen LogP contribution in [0.5, 0.6) is 0 Å². The smallest absolute Gasteiger partial charge is 0.353 e. The minimum absolute atomic E-state index is 0.0316. The minimum Gasteiger partial charge on any atom is -0.353 e. The maximum absolute atomic E-state index is 13.9. The van der Waals surface area contributed by atoms with Crippen LogP contribution in [0.25, 0.3) is 0 Å². The van der Waals surface area contributed by atoms with Gasteiger partial charge in [-0.3, -0.25) is 14.5 Å². The van der Waals surface area contributed by atoms with Crippen molar-refractivity contribution in [3.8, 4) is 0 Å². The molecule has 1 saturated heterocycles. The molecule has 2 N–H and O–H groups in total. The van der Waals surface area contributed by atoms with Crippen molar-refractivity contribution in [3.05, 3.63) is 34.6 Å². The number of hydrogen-bond acceptors (Lipinski definition) is 3. The molecule has 0 spiro atoms. The van der Waals surface area contributed by atoms with Crippen LogP contribution in [0, 0.1) is 5.82 Å². The van der Waals surface area contributed by atoms with Crippen LogP contribution in [-0.2, 0) is 16.1 Å². The average Bonchev–Trinajstić information content (AvgIpc) is 2.51. The van der Waals surface area contributed by atoms with Crippen LogP contribution < -0.4 is 10.6 Å². The maximum atomic E-state index is 13.9. The van der Waals surface area contributed by atoms with Gasteiger partial charge in [-0.15, -0.1) is 0 Å². The van der Waals surface area contributed by atoms with Gasteiger partial charge in [0.25, 0.3) is 0 Å². The van der Waals surface area contributed by atoms with Gasteiger partial charge in [0.2, 0.25) is 11.8 Å². The molecule has 1 heterocycles. The van der Waals surface area contributed by atoms with E-state index in [0.29, 0.717) is 6.54 Å². The summed E-state index contributed by atoms with van der Waals surface area (Å²) in [4.78, 5) is 25.3. The Morgan fingerprint density at radius 2 is 2.12 bits per heavy atom. The van der Waals surface area contributed by atoms with Crippen molar-refractivity contribution in [2.45, 2.75) is 25.2 Å². The largest absolute Gasteiger partial charge is 0.405 e. The summed E-state index contributed by atoms with van der Waals surface area (Å²) in [6.07, 6.45) is -5.00. The monoisotopic (exact) mass is 381 g/mol. The molecular weight excluding hydrogens is 366 g/mol. The first kappa shape index (κ1) is 19.5. The van der Waals surface area contributed by atoms with Gasteiger partial charge in [0.15, 0.2) is 0 Å². The number of nitrogens with one attached hydrogen (secondary N) is 2. The van der Waals surface area contributed by atoms with E-state index in [4.69, 9.17) is 11.6 Å². The van der Waals surface area contributed by atoms with E-state index >= 15 is 0 Å². The molecule has 1 aliphatic rings. The van der Waals surface area contributed by atoms with Crippen LogP contribution in [0.1, 0.15) is 12.0 Å². The van der Waals surface area contributed by atoms with Crippen LogP contribution in [-0.4, -0.2) is 48.6 Å². The Hall–Kier alpha value is -1.87. The Kier molecular flexibility index (Phi) is 6.23. The third-order valence-corrected chi connectivity index (χ3v) is 4.08. The summed E-state index contributed by atoms with van der Waals surface area (Å²) in [6.45, 7) is -0.908. The van der Waals surface area contributed by atoms with Crippen LogP contribution >= 0.6 is 11.6 Å². The summed E-state index contributed by atoms with van der Waals surface area (Å²) in [5, 5.41) is 4.44. The van der Waals surface area contributed by atoms with Crippen LogP contribution in [0.4, 0.5) is 17.6 Å². The van der Waals surface area contributed by atoms with E-state index in [1.807, 2.05) is 0 Å². The summed E-state index contributed by atoms with van der Waals surface area (Å²) in [7, 11) is 0. The van der Waals surface area contributed by atoms with Gasteiger partial charge >= 0.3 is 6.18 Å². The maximum Gasteiger partial charge on any atom is 0.405 e. The highest BCUT2D eigenvalue weighted by molar-refractivity contribution is 6.31. The number of alkyl halides is 3. The SMILES string of the molecule is O=C(CC1C(=O)NCCN1Cc1c(F)cccc1Cl)NCC(F)(F)F. The third kappa shape index (κ3) is 5.57. The van der Waals surface area contributed by atoms with Gasteiger partial charge < -0.3 is 10.6 Å². The minimum atomic E-state index is -4.54. The molecule has 1 fully saturated rings. The number of rotatable bonds is 5. The molecule has 1 unspecified atom stereocenters. The van der Waals surface area contributed by atoms with Crippen LogP contribution in [0.15, 0.2) is 18.2 Å². The van der Waals surface area contributed by atoms with E-state index in [1.54, 1.807) is 5.32 Å². The zero-order chi connectivity index (χ0) is 18.6. The van der Waals surface area contributed by atoms with Crippen LogP contribution in [0.2, 0.25) is 5.02 Å². The fraction of sp³-hybridized carbons (Fsp3) is 0.467. The molecule has 2 amide bonds. The highest BCUT2D eigenvalue weighted by Gasteiger charge is 2.34. The number of piperazine rings is 1. The topological polar surface area (TPSA) is 61.4 Å². The molecule has 0 saturated carbocycles. The summed E-state index contributed by atoms with van der Waals surface area (Å²) in [5.41, 5.74) is 0.166. The number of amides is 2. The molecule has 1 aromatic carbocycles. The van der Waals surface area contributed by atoms with Crippen molar-refractivity contribution in [2.24, 2.45) is 0 Å². The van der Waals surface area contributed by atoms with E-state index in [-0.39, 0.29) is 23.7 Å². The van der Waals surface area contributed by atoms with Crippen molar-refractivity contribution >= 4 is 23.4 Å². The molecule has 10 heteroatoms. The quantitative estimate of drug-likeness (QED) is 0.765. The average molecular weight is 382 g/mol. The van der Waals surface area contributed by atoms with Crippen LogP contribution in [0.3, 0.4) is 0 Å². The molecule has 0 aromatic heterocycles. The summed E-state index contributed by atoms with van der Waals surface area (Å²) in [5.74, 6) is -1.97. The van der Waals surface area contributed by atoms with Gasteiger partial charge in [-0.05, 0) is 12.1 Å². The molecule has 1 aromatic rings. The first-order valence-corrected chi connectivity index (χ1v) is 7.83. The lowest BCUT2D eigenvalue weighted by atomic mass is 10.1. The molecule has 0 bridgehead atoms. The van der Waals surface area contributed by atoms with Crippen molar-refractivity contribution in [3.63, 3.8) is 0 Å². The summed E-state index contributed by atoms with van der Waals surface area (Å²) < 4.78 is 50.4. The number of hydrogen-bond donors (Lipinski definition) is 2. The molecule has 1 aliphatic heterocycles. The molecule has 138 valence electrons. The van der Waals surface area contributed by atoms with Gasteiger partial charge in [0.1, 0.15) is 12.4 Å². The summed E-state index contributed by atoms with van der Waals surface area (Å²) in [6, 6.07) is 3.15. The molecule has 5 nitrogen and oxygen atoms in total. The highest BCUT2D eigenvalue weighted by Crippen LogP contribution is 2.23. The molecule has 25 heavy (non-hydrogen) atoms. The predicted molar refractivity (Wildman–Crippen MR) is 82.3 cm³/mol. The first-order chi connectivity index (χ1) is 11.7. The number of nitrogens with zero attached hydrogens (tertiary/aromatic N) is 1. The third-order valence-electron chi connectivity index (χ3n) is 3.73. The normalized spacial score (nSPS) is 18.8. The van der Waals surface area contributed by atoms with E-state index < -0.39 is 42.8 Å². The standard InChI is InChI=1S/C15H16ClF4N3O2/c16-10-2-1-3-11(17)9(10)7-23-5-4-21-14(25)12(23)6-13(24)22-8-15(18,19)20/h1-3,12H,4-8H2,(H,21,25)(H,22,24). The van der Waals surface area contributed by atoms with Crippen molar-refractivity contribution in [2.75, 3.05) is 19.6 Å². The Morgan fingerprint density at radius 1 is 1.40 bits per heavy atom. The summed E-state index contributed by atoms with van der Waals surface area (Å²) >= 11 is 5.97. The lowest BCUT2D eigenvalue weighted by Crippen LogP contribution is -2.56. The number of carbonyl (C=O) groups is 2. The van der Waals surface area contributed by atoms with Crippen molar-refractivity contribution in [1.82, 2.24) is 15.5 Å². The lowest BCUT2D eigenvalue weighted by Gasteiger charge is -2.35. The van der Waals surface area contributed by atoms with E-state index in [1.165, 1.54) is 23.1 Å². The Balaban J connectivity index is 2.08. The zero-order valence-electron chi connectivity index (χ0n) is 13.0. The van der Waals surface area contributed by atoms with Crippen molar-refractivity contribution < 1.29 is 27.2 Å². The number of benzene rings is 1. The van der Waals surface area contributed by atoms with E-state index in [0.717, 1.165) is 0 Å². The molecular formula is C15H16ClF4N3O2. The van der Waals surface area contributed by atoms with Gasteiger partial charge in [0.05, 0.1) is 12.5 Å². The predicted octanol–water partition coefficient (Wildman–Crippen LogP) is 1.85. The Bertz CT molecular complexity index is 634. The zero-order valence-corrected chi connectivity index (χ0v) is 13.8. The van der Waals surface area contributed by atoms with E-state index in [2.05, 4.69) is 5.32 Å². The van der Waals surface area contributed by atoms with Gasteiger partial charge in [-0.2, -0.15) is 13.2 Å². The Labute approximate surface area is 146 Å². The Morgan fingerprint density at radius 3 is 2.76 bits per heavy atom. The second kappa shape index (κ2) is 8.01. The lowest BCUT2D eigenvalue weighted by molar-refractivity contribution is -0.141. The molecule has 1 atom stereocenters. The van der Waals surface area contributed by atoms with E-state index in [9.17, 15) is 27.2 Å². The number of carbonyl (C=O) groups excluding carboxylic acids is 2. The van der Waals surface area contributed by atoms with Gasteiger partial charge in [-0.1, -0.05) is 17.7 Å². The highest BCUT2D eigenvalue weighted by atomic mass is 35.5. The fourth-order valence-corrected chi connectivity index (χ4v) is 2.73. The molecule has 2 rings (SSSR count). The fourth-order valence-electron chi connectivity index (χ4n) is 2.51. The second-order valence-corrected chi connectivity index (χ2v) is 5.98. The number of halogens is 5. The van der Waals surface area contributed by atoms with Crippen molar-refractivity contribution in [1.29, 1.82) is 0 Å². The van der Waals surface area contributed by atoms with Gasteiger partial charge in [0, 0.05) is 30.2 Å². The first-order valence-electron chi connectivity index (χ1n) is 7.45.